The zero-order valence-electron chi connectivity index (χ0n) is 5.08. The zero-order valence-corrected chi connectivity index (χ0v) is 5.08. The van der Waals surface area contributed by atoms with Gasteiger partial charge in [0.2, 0.25) is 0 Å². The third-order valence-corrected chi connectivity index (χ3v) is 0.755. The molecule has 0 saturated carbocycles. The maximum absolute atomic E-state index is 9.92. The molecule has 0 fully saturated rings. The molecule has 5 N–H and O–H groups in total. The molecule has 0 amide bonds. The van der Waals surface area contributed by atoms with Crippen LogP contribution in [0.15, 0.2) is 0 Å². The highest BCUT2D eigenvalue weighted by Gasteiger charge is 2.01. The molecule has 0 aliphatic rings. The highest BCUT2D eigenvalue weighted by Crippen LogP contribution is 1.73. The van der Waals surface area contributed by atoms with Gasteiger partial charge in [-0.3, -0.25) is 10.6 Å². The van der Waals surface area contributed by atoms with E-state index >= 15 is 0 Å². The van der Waals surface area contributed by atoms with Crippen LogP contribution >= 0.6 is 0 Å². The van der Waals surface area contributed by atoms with E-state index in [9.17, 15) is 4.79 Å². The quantitative estimate of drug-likeness (QED) is 0.311. The fourth-order valence-corrected chi connectivity index (χ4v) is 0.419. The van der Waals surface area contributed by atoms with Gasteiger partial charge in [0, 0.05) is 13.1 Å². The van der Waals surface area contributed by atoms with Crippen molar-refractivity contribution >= 4 is 5.97 Å². The predicted octanol–water partition coefficient (Wildman–Crippen LogP) is -1.79. The third kappa shape index (κ3) is 5.22. The first-order valence-electron chi connectivity index (χ1n) is 2.58. The Balaban J connectivity index is 3.26. The summed E-state index contributed by atoms with van der Waals surface area (Å²) in [7, 11) is 0. The number of hydrogen-bond donors (Lipinski definition) is 3. The average molecular weight is 133 g/mol. The topological polar surface area (TPSA) is 92.6 Å². The van der Waals surface area contributed by atoms with Crippen LogP contribution in [0.3, 0.4) is 0 Å². The average Bonchev–Trinajstić information content (AvgIpc) is 1.63. The number of carboxylic acids is 1. The Morgan fingerprint density at radius 3 is 2.56 bits per heavy atom. The third-order valence-electron chi connectivity index (χ3n) is 0.755. The van der Waals surface area contributed by atoms with Crippen LogP contribution in [0.4, 0.5) is 0 Å². The second kappa shape index (κ2) is 4.25. The second-order valence-corrected chi connectivity index (χ2v) is 1.65. The Labute approximate surface area is 53.2 Å². The number of aliphatic carboxylic acids is 1. The summed E-state index contributed by atoms with van der Waals surface area (Å²) in [5, 5.41) is 9.30. The summed E-state index contributed by atoms with van der Waals surface area (Å²) in [6.07, 6.45) is 0. The number of nitrogens with zero attached hydrogens (tertiary/aromatic N) is 1. The standard InChI is InChI=1S/C4H11N3O2/c5-1-2-7(6)3-4(8)9/h1-3,5-6H2,(H,8,9). The number of carboxylic acid groups (broad SMARTS) is 1. The second-order valence-electron chi connectivity index (χ2n) is 1.65. The molecule has 0 bridgehead atoms. The van der Waals surface area contributed by atoms with Crippen LogP contribution in [0, 0.1) is 0 Å². The number of hydrazine groups is 1. The van der Waals surface area contributed by atoms with Crippen molar-refractivity contribution in [3.63, 3.8) is 0 Å². The first-order valence-corrected chi connectivity index (χ1v) is 2.58. The molecule has 5 nitrogen and oxygen atoms in total. The molecule has 0 rings (SSSR count). The van der Waals surface area contributed by atoms with E-state index in [0.29, 0.717) is 13.1 Å². The van der Waals surface area contributed by atoms with Crippen LogP contribution in [0.2, 0.25) is 0 Å². The summed E-state index contributed by atoms with van der Waals surface area (Å²) in [5.74, 6) is 4.22. The van der Waals surface area contributed by atoms with Gasteiger partial charge in [-0.2, -0.15) is 0 Å². The molecule has 0 radical (unpaired) electrons. The maximum atomic E-state index is 9.92. The molecular weight excluding hydrogens is 122 g/mol. The van der Waals surface area contributed by atoms with Gasteiger partial charge in [-0.1, -0.05) is 0 Å². The lowest BCUT2D eigenvalue weighted by molar-refractivity contribution is -0.138. The van der Waals surface area contributed by atoms with Gasteiger partial charge in [0.05, 0.1) is 0 Å². The van der Waals surface area contributed by atoms with Gasteiger partial charge in [-0.15, -0.1) is 0 Å². The summed E-state index contributed by atoms with van der Waals surface area (Å²) < 4.78 is 0. The normalized spacial score (nSPS) is 10.1. The van der Waals surface area contributed by atoms with Crippen molar-refractivity contribution in [2.24, 2.45) is 11.6 Å². The fourth-order valence-electron chi connectivity index (χ4n) is 0.419. The van der Waals surface area contributed by atoms with Crippen LogP contribution in [-0.4, -0.2) is 35.7 Å². The summed E-state index contributed by atoms with van der Waals surface area (Å²) >= 11 is 0. The van der Waals surface area contributed by atoms with Crippen molar-refractivity contribution in [2.75, 3.05) is 19.6 Å². The molecule has 5 heteroatoms. The van der Waals surface area contributed by atoms with Crippen molar-refractivity contribution in [1.29, 1.82) is 0 Å². The summed E-state index contributed by atoms with van der Waals surface area (Å²) in [4.78, 5) is 9.92. The Hall–Kier alpha value is -0.650. The minimum absolute atomic E-state index is 0.156. The van der Waals surface area contributed by atoms with Crippen LogP contribution < -0.4 is 11.6 Å². The fraction of sp³-hybridized carbons (Fsp3) is 0.750. The summed E-state index contributed by atoms with van der Waals surface area (Å²) in [6, 6.07) is 0. The number of hydrogen-bond acceptors (Lipinski definition) is 4. The van der Waals surface area contributed by atoms with Gasteiger partial charge < -0.3 is 10.8 Å². The summed E-state index contributed by atoms with van der Waals surface area (Å²) in [6.45, 7) is 0.632. The van der Waals surface area contributed by atoms with Crippen LogP contribution in [0.1, 0.15) is 0 Å². The molecule has 0 saturated heterocycles. The molecule has 0 heterocycles. The van der Waals surface area contributed by atoms with Gasteiger partial charge in [-0.05, 0) is 0 Å². The lowest BCUT2D eigenvalue weighted by atomic mass is 10.5. The molecule has 54 valence electrons. The van der Waals surface area contributed by atoms with E-state index in [0.717, 1.165) is 5.01 Å². The summed E-state index contributed by atoms with van der Waals surface area (Å²) in [5.41, 5.74) is 5.09. The predicted molar refractivity (Wildman–Crippen MR) is 32.5 cm³/mol. The van der Waals surface area contributed by atoms with E-state index in [1.165, 1.54) is 0 Å². The molecule has 0 aromatic rings. The van der Waals surface area contributed by atoms with Gasteiger partial charge in [0.15, 0.2) is 0 Å². The van der Waals surface area contributed by atoms with Crippen LogP contribution in [-0.2, 0) is 4.79 Å². The first kappa shape index (κ1) is 8.35. The zero-order chi connectivity index (χ0) is 7.28. The maximum Gasteiger partial charge on any atom is 0.319 e. The minimum Gasteiger partial charge on any atom is -0.480 e. The highest BCUT2D eigenvalue weighted by molar-refractivity contribution is 5.68. The van der Waals surface area contributed by atoms with E-state index in [-0.39, 0.29) is 6.54 Å². The monoisotopic (exact) mass is 133 g/mol. The van der Waals surface area contributed by atoms with E-state index in [1.807, 2.05) is 0 Å². The molecule has 0 aliphatic heterocycles. The van der Waals surface area contributed by atoms with Crippen molar-refractivity contribution in [3.8, 4) is 0 Å². The van der Waals surface area contributed by atoms with Crippen molar-refractivity contribution < 1.29 is 9.90 Å². The Morgan fingerprint density at radius 2 is 2.22 bits per heavy atom. The van der Waals surface area contributed by atoms with Crippen molar-refractivity contribution in [2.45, 2.75) is 0 Å². The minimum atomic E-state index is -0.939. The number of carbonyl (C=O) groups is 1. The van der Waals surface area contributed by atoms with Crippen LogP contribution in [0.25, 0.3) is 0 Å². The van der Waals surface area contributed by atoms with Gasteiger partial charge in [0.1, 0.15) is 6.54 Å². The van der Waals surface area contributed by atoms with Gasteiger partial charge in [-0.25, -0.2) is 5.01 Å². The molecule has 0 aliphatic carbocycles. The molecule has 9 heavy (non-hydrogen) atoms. The Morgan fingerprint density at radius 1 is 1.67 bits per heavy atom. The highest BCUT2D eigenvalue weighted by atomic mass is 16.4. The number of nitrogens with two attached hydrogens (primary N) is 2. The SMILES string of the molecule is NCCN(N)CC(=O)O. The van der Waals surface area contributed by atoms with E-state index in [1.54, 1.807) is 0 Å². The molecule has 0 aromatic carbocycles. The lowest BCUT2D eigenvalue weighted by Crippen LogP contribution is -2.39. The molecule has 0 spiro atoms. The molecule has 0 unspecified atom stereocenters. The largest absolute Gasteiger partial charge is 0.480 e. The van der Waals surface area contributed by atoms with Crippen molar-refractivity contribution in [3.05, 3.63) is 0 Å². The van der Waals surface area contributed by atoms with Crippen molar-refractivity contribution in [1.82, 2.24) is 5.01 Å². The van der Waals surface area contributed by atoms with Gasteiger partial charge >= 0.3 is 5.97 Å². The Bertz CT molecular complexity index is 95.8. The van der Waals surface area contributed by atoms with E-state index in [4.69, 9.17) is 16.7 Å². The Kier molecular flexibility index (Phi) is 3.94. The van der Waals surface area contributed by atoms with E-state index < -0.39 is 5.97 Å². The van der Waals surface area contributed by atoms with E-state index in [2.05, 4.69) is 0 Å². The van der Waals surface area contributed by atoms with Crippen LogP contribution in [0.5, 0.6) is 0 Å². The molecule has 0 aromatic heterocycles. The molecular formula is C4H11N3O2. The first-order chi connectivity index (χ1) is 4.16. The number of rotatable bonds is 4. The van der Waals surface area contributed by atoms with Gasteiger partial charge in [0.25, 0.3) is 0 Å². The lowest BCUT2D eigenvalue weighted by Gasteiger charge is -2.10. The molecule has 0 atom stereocenters. The smallest absolute Gasteiger partial charge is 0.319 e.